The molecule has 0 saturated heterocycles. The van der Waals surface area contributed by atoms with Gasteiger partial charge in [0, 0.05) is 19.0 Å². The maximum absolute atomic E-state index is 12.5. The minimum absolute atomic E-state index is 0.113. The van der Waals surface area contributed by atoms with E-state index in [1.165, 1.54) is 6.20 Å². The first-order chi connectivity index (χ1) is 9.54. The number of nitrogens with zero attached hydrogens (tertiary/aromatic N) is 4. The Balaban J connectivity index is 3.11. The third-order valence-corrected chi connectivity index (χ3v) is 2.84. The van der Waals surface area contributed by atoms with Gasteiger partial charge >= 0.3 is 0 Å². The van der Waals surface area contributed by atoms with Gasteiger partial charge in [-0.05, 0) is 6.92 Å². The number of aromatic nitrogens is 2. The van der Waals surface area contributed by atoms with Crippen LogP contribution in [-0.2, 0) is 0 Å². The number of hydrogen-bond donors (Lipinski definition) is 2. The summed E-state index contributed by atoms with van der Waals surface area (Å²) in [5, 5.41) is 8.63. The van der Waals surface area contributed by atoms with Gasteiger partial charge in [-0.15, -0.1) is 0 Å². The maximum Gasteiger partial charge on any atom is 0.274 e. The van der Waals surface area contributed by atoms with Crippen LogP contribution in [0.3, 0.4) is 0 Å². The fourth-order valence-electron chi connectivity index (χ4n) is 1.68. The Hall–Kier alpha value is -2.20. The summed E-state index contributed by atoms with van der Waals surface area (Å²) in [6.07, 6.45) is 1.79. The molecule has 0 radical (unpaired) electrons. The number of anilines is 1. The molecule has 1 aromatic rings. The monoisotopic (exact) mass is 276 g/mol. The van der Waals surface area contributed by atoms with Crippen molar-refractivity contribution in [2.45, 2.75) is 33.1 Å². The highest BCUT2D eigenvalue weighted by molar-refractivity contribution is 5.97. The smallest absolute Gasteiger partial charge is 0.274 e. The van der Waals surface area contributed by atoms with E-state index < -0.39 is 0 Å². The Morgan fingerprint density at radius 3 is 2.80 bits per heavy atom. The van der Waals surface area contributed by atoms with E-state index in [0.717, 1.165) is 0 Å². The molecule has 0 aliphatic heterocycles. The molecule has 0 saturated carbocycles. The van der Waals surface area contributed by atoms with Crippen molar-refractivity contribution < 1.29 is 4.79 Å². The Kier molecular flexibility index (Phi) is 5.87. The molecule has 0 unspecified atom stereocenters. The fourth-order valence-corrected chi connectivity index (χ4v) is 1.68. The van der Waals surface area contributed by atoms with E-state index in [2.05, 4.69) is 15.4 Å². The van der Waals surface area contributed by atoms with Gasteiger partial charge in [-0.1, -0.05) is 13.8 Å². The first kappa shape index (κ1) is 15.9. The van der Waals surface area contributed by atoms with Gasteiger partial charge in [0.2, 0.25) is 0 Å². The van der Waals surface area contributed by atoms with E-state index in [1.807, 2.05) is 26.8 Å². The summed E-state index contributed by atoms with van der Waals surface area (Å²) >= 11 is 0. The van der Waals surface area contributed by atoms with Crippen LogP contribution in [0.2, 0.25) is 0 Å². The molecule has 1 rings (SSSR count). The molecule has 0 aliphatic carbocycles. The van der Waals surface area contributed by atoms with Crippen LogP contribution in [0.4, 0.5) is 5.69 Å². The second-order valence-corrected chi connectivity index (χ2v) is 4.58. The van der Waals surface area contributed by atoms with Gasteiger partial charge < -0.3 is 10.3 Å². The number of carbonyl (C=O) groups is 1. The molecule has 0 atom stereocenters. The zero-order chi connectivity index (χ0) is 15.1. The molecular weight excluding hydrogens is 256 g/mol. The Morgan fingerprint density at radius 2 is 2.30 bits per heavy atom. The number of nitriles is 1. The summed E-state index contributed by atoms with van der Waals surface area (Å²) in [7, 11) is 0. The molecule has 20 heavy (non-hydrogen) atoms. The number of hydrazine groups is 1. The summed E-state index contributed by atoms with van der Waals surface area (Å²) < 4.78 is 0. The summed E-state index contributed by atoms with van der Waals surface area (Å²) in [6.45, 7) is 6.64. The average molecular weight is 276 g/mol. The molecule has 7 heteroatoms. The highest BCUT2D eigenvalue weighted by Crippen LogP contribution is 2.17. The highest BCUT2D eigenvalue weighted by atomic mass is 16.2. The SMILES string of the molecule is CCN(CCC#N)C(=O)c1nc(C(C)C)ncc1NN. The van der Waals surface area contributed by atoms with Crippen molar-refractivity contribution in [2.24, 2.45) is 5.84 Å². The lowest BCUT2D eigenvalue weighted by Crippen LogP contribution is -2.33. The van der Waals surface area contributed by atoms with Crippen LogP contribution in [0.5, 0.6) is 0 Å². The first-order valence-corrected chi connectivity index (χ1v) is 6.54. The van der Waals surface area contributed by atoms with Crippen molar-refractivity contribution in [3.8, 4) is 6.07 Å². The van der Waals surface area contributed by atoms with Gasteiger partial charge in [0.1, 0.15) is 5.82 Å². The minimum Gasteiger partial charge on any atom is -0.336 e. The number of rotatable bonds is 6. The molecule has 7 nitrogen and oxygen atoms in total. The van der Waals surface area contributed by atoms with Gasteiger partial charge in [0.15, 0.2) is 5.69 Å². The molecule has 1 amide bonds. The van der Waals surface area contributed by atoms with Crippen LogP contribution < -0.4 is 11.3 Å². The third kappa shape index (κ3) is 3.65. The Labute approximate surface area is 118 Å². The van der Waals surface area contributed by atoms with Crippen molar-refractivity contribution in [1.29, 1.82) is 5.26 Å². The zero-order valence-electron chi connectivity index (χ0n) is 12.1. The van der Waals surface area contributed by atoms with Crippen LogP contribution in [0.15, 0.2) is 6.20 Å². The lowest BCUT2D eigenvalue weighted by molar-refractivity contribution is 0.0762. The van der Waals surface area contributed by atoms with Gasteiger partial charge in [-0.2, -0.15) is 5.26 Å². The molecule has 1 aromatic heterocycles. The van der Waals surface area contributed by atoms with Gasteiger partial charge in [-0.25, -0.2) is 9.97 Å². The quantitative estimate of drug-likeness (QED) is 0.598. The van der Waals surface area contributed by atoms with E-state index >= 15 is 0 Å². The molecule has 0 aliphatic rings. The molecule has 0 bridgehead atoms. The molecule has 3 N–H and O–H groups in total. The van der Waals surface area contributed by atoms with Crippen LogP contribution in [0, 0.1) is 11.3 Å². The topological polar surface area (TPSA) is 108 Å². The van der Waals surface area contributed by atoms with E-state index in [-0.39, 0.29) is 23.9 Å². The van der Waals surface area contributed by atoms with Gasteiger partial charge in [0.25, 0.3) is 5.91 Å². The lowest BCUT2D eigenvalue weighted by Gasteiger charge is -2.20. The third-order valence-electron chi connectivity index (χ3n) is 2.84. The molecule has 0 aromatic carbocycles. The zero-order valence-corrected chi connectivity index (χ0v) is 12.1. The summed E-state index contributed by atoms with van der Waals surface area (Å²) in [6, 6.07) is 2.03. The van der Waals surface area contributed by atoms with E-state index in [9.17, 15) is 4.79 Å². The molecule has 108 valence electrons. The number of nitrogens with two attached hydrogens (primary N) is 1. The lowest BCUT2D eigenvalue weighted by atomic mass is 10.2. The second-order valence-electron chi connectivity index (χ2n) is 4.58. The summed E-state index contributed by atoms with van der Waals surface area (Å²) in [5.41, 5.74) is 3.07. The van der Waals surface area contributed by atoms with Crippen LogP contribution in [-0.4, -0.2) is 33.9 Å². The van der Waals surface area contributed by atoms with Crippen LogP contribution in [0.25, 0.3) is 0 Å². The van der Waals surface area contributed by atoms with Crippen LogP contribution >= 0.6 is 0 Å². The van der Waals surface area contributed by atoms with Crippen molar-refractivity contribution in [3.63, 3.8) is 0 Å². The highest BCUT2D eigenvalue weighted by Gasteiger charge is 2.20. The van der Waals surface area contributed by atoms with Crippen molar-refractivity contribution in [3.05, 3.63) is 17.7 Å². The van der Waals surface area contributed by atoms with E-state index in [1.54, 1.807) is 4.90 Å². The number of carbonyl (C=O) groups excluding carboxylic acids is 1. The number of amides is 1. The van der Waals surface area contributed by atoms with E-state index in [4.69, 9.17) is 11.1 Å². The molecule has 0 fully saturated rings. The second kappa shape index (κ2) is 7.40. The number of nitrogens with one attached hydrogen (secondary N) is 1. The Bertz CT molecular complexity index is 508. The molecular formula is C13H20N6O. The van der Waals surface area contributed by atoms with Crippen LogP contribution in [0.1, 0.15) is 49.4 Å². The molecule has 1 heterocycles. The summed E-state index contributed by atoms with van der Waals surface area (Å²) in [4.78, 5) is 22.5. The average Bonchev–Trinajstić information content (AvgIpc) is 2.46. The molecule has 0 spiro atoms. The standard InChI is InChI=1S/C13H20N6O/c1-4-19(7-5-6-14)13(20)11-10(18-15)8-16-12(17-11)9(2)3/h8-9,18H,4-5,7,15H2,1-3H3. The first-order valence-electron chi connectivity index (χ1n) is 6.54. The minimum atomic E-state index is -0.250. The maximum atomic E-state index is 12.5. The predicted octanol–water partition coefficient (Wildman–Crippen LogP) is 1.26. The van der Waals surface area contributed by atoms with Gasteiger partial charge in [0.05, 0.1) is 24.4 Å². The fraction of sp³-hybridized carbons (Fsp3) is 0.538. The largest absolute Gasteiger partial charge is 0.336 e. The predicted molar refractivity (Wildman–Crippen MR) is 75.7 cm³/mol. The van der Waals surface area contributed by atoms with E-state index in [0.29, 0.717) is 24.6 Å². The Morgan fingerprint density at radius 1 is 1.60 bits per heavy atom. The normalized spacial score (nSPS) is 10.2. The number of nitrogen functional groups attached to an aromatic ring is 1. The summed E-state index contributed by atoms with van der Waals surface area (Å²) in [5.74, 6) is 5.85. The van der Waals surface area contributed by atoms with Crippen molar-refractivity contribution in [1.82, 2.24) is 14.9 Å². The van der Waals surface area contributed by atoms with Crippen molar-refractivity contribution >= 4 is 11.6 Å². The number of hydrogen-bond acceptors (Lipinski definition) is 6. The van der Waals surface area contributed by atoms with Gasteiger partial charge in [-0.3, -0.25) is 10.6 Å². The van der Waals surface area contributed by atoms with Crippen molar-refractivity contribution in [2.75, 3.05) is 18.5 Å².